The molecule has 65 heavy (non-hydrogen) atoms. The third kappa shape index (κ3) is 8.00. The first kappa shape index (κ1) is 43.7. The van der Waals surface area contributed by atoms with Crippen molar-refractivity contribution in [2.24, 2.45) is 0 Å². The van der Waals surface area contributed by atoms with Crippen LogP contribution in [0.5, 0.6) is 0 Å². The van der Waals surface area contributed by atoms with Crippen molar-refractivity contribution < 1.29 is 28.9 Å². The summed E-state index contributed by atoms with van der Waals surface area (Å²) >= 11 is 0. The zero-order valence-electron chi connectivity index (χ0n) is 38.1. The molecule has 1 radical (unpaired) electrons. The van der Waals surface area contributed by atoms with Crippen LogP contribution in [0.2, 0.25) is 0 Å². The Bertz CT molecular complexity index is 3470. The van der Waals surface area contributed by atoms with Crippen LogP contribution in [-0.2, 0) is 25.5 Å². The molecule has 0 amide bonds. The molecule has 0 fully saturated rings. The standard InChI is InChI=1S/C44H35N2O2.C15H16N.Ir/c1-25(2)35-23-29(28-12-7-6-8-13-28)24-36(26(3)4)40(35)46-38-22-27(5)18-21-37(38)45-44(46)34-16-11-15-31-33-20-19-32-30-14-9-10-17-39(30)47-42(32)43(33)48-41(31)34;1-15(2,3)13-9-10-16-14(11-13)12-7-5-4-6-8-12;/h6-15,17-26H,1-5H3;4-7,9-11H,1-3H3;/q2*-1;. The fourth-order valence-corrected chi connectivity index (χ4v) is 8.94. The minimum absolute atomic E-state index is 0. The number of nitrogens with zero attached hydrogens (tertiary/aromatic N) is 3. The molecular weight excluding hydrogens is 975 g/mol. The summed E-state index contributed by atoms with van der Waals surface area (Å²) < 4.78 is 15.6. The molecule has 0 unspecified atom stereocenters. The first-order chi connectivity index (χ1) is 30.9. The molecule has 4 heterocycles. The average Bonchev–Trinajstić information content (AvgIpc) is 4.00. The summed E-state index contributed by atoms with van der Waals surface area (Å²) in [5.74, 6) is 1.35. The quantitative estimate of drug-likeness (QED) is 0.156. The molecule has 6 heteroatoms. The molecule has 0 saturated heterocycles. The molecule has 11 rings (SSSR count). The number of imidazole rings is 1. The van der Waals surface area contributed by atoms with Crippen molar-refractivity contribution in [3.8, 4) is 39.5 Å². The Morgan fingerprint density at radius 1 is 0.600 bits per heavy atom. The van der Waals surface area contributed by atoms with Gasteiger partial charge in [0.15, 0.2) is 11.2 Å². The fraction of sp³-hybridized carbons (Fsp3) is 0.186. The molecule has 325 valence electrons. The van der Waals surface area contributed by atoms with E-state index in [1.165, 1.54) is 39.1 Å². The number of pyridine rings is 1. The smallest absolute Gasteiger partial charge is 0.177 e. The van der Waals surface area contributed by atoms with Gasteiger partial charge in [0, 0.05) is 48.1 Å². The molecule has 11 aromatic rings. The van der Waals surface area contributed by atoms with Crippen LogP contribution in [0.3, 0.4) is 0 Å². The molecule has 0 saturated carbocycles. The van der Waals surface area contributed by atoms with Gasteiger partial charge < -0.3 is 18.4 Å². The number of benzene rings is 7. The van der Waals surface area contributed by atoms with E-state index in [1.54, 1.807) is 0 Å². The maximum Gasteiger partial charge on any atom is 0.177 e. The number of aryl methyl sites for hydroxylation is 1. The third-order valence-electron chi connectivity index (χ3n) is 12.3. The van der Waals surface area contributed by atoms with Crippen molar-refractivity contribution in [2.75, 3.05) is 0 Å². The minimum atomic E-state index is 0. The van der Waals surface area contributed by atoms with E-state index in [1.807, 2.05) is 54.7 Å². The second-order valence-corrected chi connectivity index (χ2v) is 18.5. The van der Waals surface area contributed by atoms with Crippen molar-refractivity contribution in [1.82, 2.24) is 14.5 Å². The van der Waals surface area contributed by atoms with E-state index in [4.69, 9.17) is 13.8 Å². The number of hydrogen-bond donors (Lipinski definition) is 0. The fourth-order valence-electron chi connectivity index (χ4n) is 8.94. The van der Waals surface area contributed by atoms with Gasteiger partial charge in [-0.3, -0.25) is 4.98 Å². The molecule has 0 atom stereocenters. The molecule has 7 aromatic carbocycles. The van der Waals surface area contributed by atoms with E-state index in [0.29, 0.717) is 0 Å². The van der Waals surface area contributed by atoms with Crippen LogP contribution in [0, 0.1) is 19.1 Å². The van der Waals surface area contributed by atoms with E-state index in [2.05, 4.69) is 174 Å². The molecule has 0 spiro atoms. The van der Waals surface area contributed by atoms with Crippen LogP contribution < -0.4 is 0 Å². The Balaban J connectivity index is 0.000000266. The van der Waals surface area contributed by atoms with Crippen LogP contribution in [0.15, 0.2) is 161 Å². The van der Waals surface area contributed by atoms with Gasteiger partial charge in [-0.25, -0.2) is 0 Å². The average molecular weight is 1030 g/mol. The summed E-state index contributed by atoms with van der Waals surface area (Å²) in [5.41, 5.74) is 16.8. The largest absolute Gasteiger partial charge is 0.497 e. The summed E-state index contributed by atoms with van der Waals surface area (Å²) in [7, 11) is 0. The van der Waals surface area contributed by atoms with Gasteiger partial charge >= 0.3 is 0 Å². The van der Waals surface area contributed by atoms with Crippen LogP contribution >= 0.6 is 0 Å². The normalized spacial score (nSPS) is 11.8. The second-order valence-electron chi connectivity index (χ2n) is 18.5. The molecule has 4 aromatic heterocycles. The SMILES string of the molecule is CC(C)(C)c1ccnc(-c2[c-]cccc2)c1.Cc1ccc2nc(-c3[c-]ccc4c3oc3c4ccc4c5ccccc5oc43)n(-c3c(C(C)C)cc(-c4ccccc4)cc3C(C)C)c2c1.[Ir]. The molecule has 0 aliphatic rings. The maximum absolute atomic E-state index is 6.85. The predicted octanol–water partition coefficient (Wildman–Crippen LogP) is 16.4. The molecule has 0 aliphatic heterocycles. The first-order valence-electron chi connectivity index (χ1n) is 22.3. The van der Waals surface area contributed by atoms with Gasteiger partial charge in [0.05, 0.1) is 22.4 Å². The van der Waals surface area contributed by atoms with Crippen molar-refractivity contribution >= 4 is 54.9 Å². The number of para-hydroxylation sites is 1. The van der Waals surface area contributed by atoms with Crippen molar-refractivity contribution in [2.45, 2.75) is 72.6 Å². The Morgan fingerprint density at radius 3 is 1.98 bits per heavy atom. The zero-order chi connectivity index (χ0) is 44.3. The van der Waals surface area contributed by atoms with Crippen LogP contribution in [0.25, 0.3) is 94.4 Å². The van der Waals surface area contributed by atoms with Gasteiger partial charge in [0.2, 0.25) is 0 Å². The van der Waals surface area contributed by atoms with Crippen molar-refractivity contribution in [1.29, 1.82) is 0 Å². The monoisotopic (exact) mass is 1030 g/mol. The number of rotatable bonds is 6. The van der Waals surface area contributed by atoms with E-state index in [9.17, 15) is 0 Å². The van der Waals surface area contributed by atoms with Gasteiger partial charge in [-0.1, -0.05) is 126 Å². The summed E-state index contributed by atoms with van der Waals surface area (Å²) in [6.07, 6.45) is 1.87. The second kappa shape index (κ2) is 17.4. The van der Waals surface area contributed by atoms with E-state index in [0.717, 1.165) is 77.6 Å². The van der Waals surface area contributed by atoms with Gasteiger partial charge in [-0.15, -0.1) is 54.1 Å². The Labute approximate surface area is 394 Å². The molecule has 0 aliphatic carbocycles. The maximum atomic E-state index is 6.85. The van der Waals surface area contributed by atoms with E-state index in [-0.39, 0.29) is 37.4 Å². The van der Waals surface area contributed by atoms with Gasteiger partial charge in [0.25, 0.3) is 0 Å². The Kier molecular flexibility index (Phi) is 11.7. The first-order valence-corrected chi connectivity index (χ1v) is 22.3. The van der Waals surface area contributed by atoms with Crippen molar-refractivity contribution in [3.05, 3.63) is 186 Å². The van der Waals surface area contributed by atoms with Gasteiger partial charge in [-0.05, 0) is 106 Å². The Morgan fingerprint density at radius 2 is 1.28 bits per heavy atom. The summed E-state index contributed by atoms with van der Waals surface area (Å²) in [4.78, 5) is 9.74. The third-order valence-corrected chi connectivity index (χ3v) is 12.3. The van der Waals surface area contributed by atoms with Gasteiger partial charge in [0.1, 0.15) is 5.58 Å². The van der Waals surface area contributed by atoms with Gasteiger partial charge in [-0.2, -0.15) is 0 Å². The van der Waals surface area contributed by atoms with E-state index >= 15 is 0 Å². The number of furan rings is 2. The molecule has 0 N–H and O–H groups in total. The number of aromatic nitrogens is 3. The zero-order valence-corrected chi connectivity index (χ0v) is 40.5. The van der Waals surface area contributed by atoms with Crippen molar-refractivity contribution in [3.63, 3.8) is 0 Å². The molecule has 0 bridgehead atoms. The van der Waals surface area contributed by atoms with Crippen LogP contribution in [0.4, 0.5) is 0 Å². The molecular formula is C59H51IrN3O2-2. The van der Waals surface area contributed by atoms with Crippen LogP contribution in [0.1, 0.15) is 82.6 Å². The minimum Gasteiger partial charge on any atom is -0.497 e. The predicted molar refractivity (Wildman–Crippen MR) is 265 cm³/mol. The number of hydrogen-bond acceptors (Lipinski definition) is 4. The van der Waals surface area contributed by atoms with E-state index < -0.39 is 0 Å². The topological polar surface area (TPSA) is 57.0 Å². The summed E-state index contributed by atoms with van der Waals surface area (Å²) in [6.45, 7) is 17.9. The van der Waals surface area contributed by atoms with Crippen LogP contribution in [-0.4, -0.2) is 14.5 Å². The summed E-state index contributed by atoms with van der Waals surface area (Å²) in [5, 5.41) is 4.17. The summed E-state index contributed by atoms with van der Waals surface area (Å²) in [6, 6.07) is 57.4. The Hall–Kier alpha value is -6.59. The number of fused-ring (bicyclic) bond motifs is 8. The molecule has 5 nitrogen and oxygen atoms in total.